The number of aryl methyl sites for hydroxylation is 1. The van der Waals surface area contributed by atoms with E-state index in [1.165, 1.54) is 23.1 Å². The van der Waals surface area contributed by atoms with Gasteiger partial charge in [-0.25, -0.2) is 0 Å². The molecule has 1 amide bonds. The van der Waals surface area contributed by atoms with Gasteiger partial charge >= 0.3 is 0 Å². The van der Waals surface area contributed by atoms with E-state index in [1.54, 1.807) is 0 Å². The highest BCUT2D eigenvalue weighted by atomic mass is 32.2. The van der Waals surface area contributed by atoms with Crippen molar-refractivity contribution in [2.45, 2.75) is 18.4 Å². The molecule has 0 saturated heterocycles. The number of primary amides is 1. The van der Waals surface area contributed by atoms with Crippen LogP contribution in [0.4, 0.5) is 10.7 Å². The Morgan fingerprint density at radius 3 is 2.90 bits per heavy atom. The molecule has 0 fully saturated rings. The fraction of sp³-hybridized carbons (Fsp3) is 0.333. The van der Waals surface area contributed by atoms with E-state index in [0.717, 1.165) is 22.0 Å². The summed E-state index contributed by atoms with van der Waals surface area (Å²) in [7, 11) is 0. The first-order valence-corrected chi connectivity index (χ1v) is 8.06. The molecule has 0 unspecified atom stereocenters. The molecule has 8 heteroatoms. The SMILES string of the molecule is CSc1c(NCCn2cc(C)cn2)sc(C(N)=O)c1N. The predicted molar refractivity (Wildman–Crippen MR) is 84.5 cm³/mol. The maximum atomic E-state index is 11.3. The molecule has 0 bridgehead atoms. The Morgan fingerprint density at radius 1 is 1.60 bits per heavy atom. The molecule has 0 radical (unpaired) electrons. The van der Waals surface area contributed by atoms with Crippen LogP contribution < -0.4 is 16.8 Å². The number of carbonyl (C=O) groups excluding carboxylic acids is 1. The fourth-order valence-corrected chi connectivity index (χ4v) is 3.72. The number of anilines is 2. The minimum Gasteiger partial charge on any atom is -0.396 e. The molecule has 108 valence electrons. The van der Waals surface area contributed by atoms with Crippen LogP contribution in [0.2, 0.25) is 0 Å². The van der Waals surface area contributed by atoms with Crippen molar-refractivity contribution >= 4 is 39.7 Å². The van der Waals surface area contributed by atoms with Crippen LogP contribution in [0.25, 0.3) is 0 Å². The van der Waals surface area contributed by atoms with Gasteiger partial charge in [0.15, 0.2) is 0 Å². The molecular formula is C12H17N5OS2. The first-order valence-electron chi connectivity index (χ1n) is 6.02. The molecule has 20 heavy (non-hydrogen) atoms. The molecule has 0 spiro atoms. The Bertz CT molecular complexity index is 619. The van der Waals surface area contributed by atoms with E-state index in [9.17, 15) is 4.79 Å². The zero-order valence-electron chi connectivity index (χ0n) is 11.3. The van der Waals surface area contributed by atoms with E-state index < -0.39 is 5.91 Å². The van der Waals surface area contributed by atoms with Crippen LogP contribution in [0.15, 0.2) is 17.3 Å². The van der Waals surface area contributed by atoms with Gasteiger partial charge in [0, 0.05) is 12.7 Å². The second-order valence-electron chi connectivity index (χ2n) is 4.28. The van der Waals surface area contributed by atoms with Crippen LogP contribution in [0.5, 0.6) is 0 Å². The van der Waals surface area contributed by atoms with Gasteiger partial charge in [-0.3, -0.25) is 9.48 Å². The third kappa shape index (κ3) is 3.07. The van der Waals surface area contributed by atoms with Crippen molar-refractivity contribution < 1.29 is 4.79 Å². The van der Waals surface area contributed by atoms with Crippen molar-refractivity contribution in [3.8, 4) is 0 Å². The summed E-state index contributed by atoms with van der Waals surface area (Å²) in [5, 5.41) is 8.39. The average molecular weight is 311 g/mol. The Morgan fingerprint density at radius 2 is 2.35 bits per heavy atom. The van der Waals surface area contributed by atoms with E-state index in [1.807, 2.05) is 30.3 Å². The van der Waals surface area contributed by atoms with E-state index >= 15 is 0 Å². The van der Waals surface area contributed by atoms with Gasteiger partial charge in [0.1, 0.15) is 9.88 Å². The number of nitrogens with zero attached hydrogens (tertiary/aromatic N) is 2. The molecule has 2 rings (SSSR count). The second-order valence-corrected chi connectivity index (χ2v) is 6.12. The van der Waals surface area contributed by atoms with E-state index in [0.29, 0.717) is 17.1 Å². The topological polar surface area (TPSA) is 99.0 Å². The molecule has 0 aliphatic heterocycles. The van der Waals surface area contributed by atoms with Crippen molar-refractivity contribution in [1.29, 1.82) is 0 Å². The molecule has 2 aromatic heterocycles. The van der Waals surface area contributed by atoms with Crippen LogP contribution in [-0.4, -0.2) is 28.5 Å². The lowest BCUT2D eigenvalue weighted by Crippen LogP contribution is -2.10. The van der Waals surface area contributed by atoms with Gasteiger partial charge in [-0.15, -0.1) is 23.1 Å². The predicted octanol–water partition coefficient (Wildman–Crippen LogP) is 1.77. The molecular weight excluding hydrogens is 294 g/mol. The Balaban J connectivity index is 2.05. The highest BCUT2D eigenvalue weighted by Gasteiger charge is 2.18. The van der Waals surface area contributed by atoms with Crippen LogP contribution in [-0.2, 0) is 6.54 Å². The number of thioether (sulfide) groups is 1. The van der Waals surface area contributed by atoms with Gasteiger partial charge in [-0.1, -0.05) is 0 Å². The van der Waals surface area contributed by atoms with Crippen molar-refractivity contribution in [2.75, 3.05) is 23.9 Å². The highest BCUT2D eigenvalue weighted by molar-refractivity contribution is 7.99. The van der Waals surface area contributed by atoms with Crippen molar-refractivity contribution in [3.63, 3.8) is 0 Å². The smallest absolute Gasteiger partial charge is 0.261 e. The summed E-state index contributed by atoms with van der Waals surface area (Å²) in [6, 6.07) is 0. The maximum absolute atomic E-state index is 11.3. The minimum atomic E-state index is -0.487. The van der Waals surface area contributed by atoms with E-state index in [2.05, 4.69) is 10.4 Å². The van der Waals surface area contributed by atoms with Crippen LogP contribution in [0, 0.1) is 6.92 Å². The molecule has 0 saturated carbocycles. The number of carbonyl (C=O) groups is 1. The minimum absolute atomic E-state index is 0.409. The Kier molecular flexibility index (Phi) is 4.56. The monoisotopic (exact) mass is 311 g/mol. The third-order valence-corrected chi connectivity index (χ3v) is 4.86. The molecule has 2 aromatic rings. The first-order chi connectivity index (χ1) is 9.52. The summed E-state index contributed by atoms with van der Waals surface area (Å²) in [6.45, 7) is 3.44. The van der Waals surface area contributed by atoms with Crippen molar-refractivity contribution in [3.05, 3.63) is 22.8 Å². The van der Waals surface area contributed by atoms with Crippen LogP contribution in [0.1, 0.15) is 15.2 Å². The lowest BCUT2D eigenvalue weighted by atomic mass is 10.4. The number of hydrogen-bond donors (Lipinski definition) is 3. The van der Waals surface area contributed by atoms with Gasteiger partial charge in [0.25, 0.3) is 5.91 Å². The number of hydrogen-bond acceptors (Lipinski definition) is 6. The number of nitrogens with one attached hydrogen (secondary N) is 1. The summed E-state index contributed by atoms with van der Waals surface area (Å²) in [5.41, 5.74) is 12.8. The molecule has 2 heterocycles. The third-order valence-electron chi connectivity index (χ3n) is 2.72. The Hall–Kier alpha value is -1.67. The summed E-state index contributed by atoms with van der Waals surface area (Å²) >= 11 is 2.80. The number of thiophene rings is 1. The van der Waals surface area contributed by atoms with E-state index in [-0.39, 0.29) is 0 Å². The zero-order valence-corrected chi connectivity index (χ0v) is 13.0. The summed E-state index contributed by atoms with van der Waals surface area (Å²) in [4.78, 5) is 12.6. The van der Waals surface area contributed by atoms with Crippen LogP contribution >= 0.6 is 23.1 Å². The fourth-order valence-electron chi connectivity index (χ4n) is 1.80. The maximum Gasteiger partial charge on any atom is 0.261 e. The summed E-state index contributed by atoms with van der Waals surface area (Å²) in [6.07, 6.45) is 5.72. The molecule has 5 N–H and O–H groups in total. The summed E-state index contributed by atoms with van der Waals surface area (Å²) in [5.74, 6) is -0.487. The molecule has 0 aliphatic carbocycles. The number of nitrogens with two attached hydrogens (primary N) is 2. The van der Waals surface area contributed by atoms with Crippen molar-refractivity contribution in [2.24, 2.45) is 5.73 Å². The van der Waals surface area contributed by atoms with Gasteiger partial charge in [-0.05, 0) is 18.7 Å². The van der Waals surface area contributed by atoms with Gasteiger partial charge < -0.3 is 16.8 Å². The van der Waals surface area contributed by atoms with Gasteiger partial charge in [0.05, 0.1) is 23.3 Å². The Labute approximate surface area is 125 Å². The number of amides is 1. The van der Waals surface area contributed by atoms with Crippen molar-refractivity contribution in [1.82, 2.24) is 9.78 Å². The van der Waals surface area contributed by atoms with Gasteiger partial charge in [-0.2, -0.15) is 5.10 Å². The van der Waals surface area contributed by atoms with E-state index in [4.69, 9.17) is 11.5 Å². The lowest BCUT2D eigenvalue weighted by Gasteiger charge is -2.06. The second kappa shape index (κ2) is 6.19. The quantitative estimate of drug-likeness (QED) is 0.706. The number of nitrogen functional groups attached to an aromatic ring is 1. The number of rotatable bonds is 6. The average Bonchev–Trinajstić information content (AvgIpc) is 2.94. The van der Waals surface area contributed by atoms with Crippen LogP contribution in [0.3, 0.4) is 0 Å². The largest absolute Gasteiger partial charge is 0.396 e. The molecule has 0 aromatic carbocycles. The standard InChI is InChI=1S/C12H17N5OS2/c1-7-5-16-17(6-7)4-3-15-12-10(19-2)8(13)9(20-12)11(14)18/h5-6,15H,3-4,13H2,1-2H3,(H2,14,18). The molecule has 0 atom stereocenters. The first kappa shape index (κ1) is 14.7. The molecule has 0 aliphatic rings. The highest BCUT2D eigenvalue weighted by Crippen LogP contribution is 2.41. The normalized spacial score (nSPS) is 10.7. The summed E-state index contributed by atoms with van der Waals surface area (Å²) < 4.78 is 1.87. The molecule has 6 nitrogen and oxygen atoms in total. The zero-order chi connectivity index (χ0) is 14.7. The lowest BCUT2D eigenvalue weighted by molar-refractivity contribution is 0.100. The van der Waals surface area contributed by atoms with Gasteiger partial charge in [0.2, 0.25) is 0 Å². The number of aromatic nitrogens is 2.